The van der Waals surface area contributed by atoms with Crippen molar-refractivity contribution in [2.45, 2.75) is 19.4 Å². The van der Waals surface area contributed by atoms with Crippen molar-refractivity contribution in [2.24, 2.45) is 0 Å². The third kappa shape index (κ3) is 5.45. The second-order valence-corrected chi connectivity index (χ2v) is 4.05. The number of carbonyl (C=O) groups is 2. The first-order chi connectivity index (χ1) is 8.61. The Morgan fingerprint density at radius 2 is 1.94 bits per heavy atom. The van der Waals surface area contributed by atoms with Crippen molar-refractivity contribution in [3.05, 3.63) is 35.9 Å². The zero-order valence-electron chi connectivity index (χ0n) is 10.3. The molecule has 3 N–H and O–H groups in total. The van der Waals surface area contributed by atoms with E-state index in [1.54, 1.807) is 0 Å². The first-order valence-corrected chi connectivity index (χ1v) is 5.80. The predicted octanol–water partition coefficient (Wildman–Crippen LogP) is -0.158. The molecule has 5 nitrogen and oxygen atoms in total. The molecule has 0 aliphatic carbocycles. The monoisotopic (exact) mass is 250 g/mol. The van der Waals surface area contributed by atoms with Gasteiger partial charge in [0.05, 0.1) is 19.2 Å². The van der Waals surface area contributed by atoms with E-state index in [1.165, 1.54) is 6.92 Å². The van der Waals surface area contributed by atoms with Crippen molar-refractivity contribution in [3.8, 4) is 0 Å². The van der Waals surface area contributed by atoms with E-state index in [0.717, 1.165) is 5.56 Å². The highest BCUT2D eigenvalue weighted by Crippen LogP contribution is 2.02. The fourth-order valence-electron chi connectivity index (χ4n) is 1.54. The molecule has 0 heterocycles. The van der Waals surface area contributed by atoms with E-state index in [9.17, 15) is 14.7 Å². The number of amides is 2. The number of carbonyl (C=O) groups excluding carboxylic acids is 2. The standard InChI is InChI=1S/C13H18N2O3/c1-10(17)14-8-13(18)15-12(9-16)7-11-5-3-2-4-6-11/h2-6,12,16H,7-9H2,1H3,(H,14,17)(H,15,18)/t12-/m1/s1. The first-order valence-electron chi connectivity index (χ1n) is 5.80. The molecule has 0 bridgehead atoms. The van der Waals surface area contributed by atoms with Crippen molar-refractivity contribution >= 4 is 11.8 Å². The maximum Gasteiger partial charge on any atom is 0.239 e. The number of nitrogens with one attached hydrogen (secondary N) is 2. The van der Waals surface area contributed by atoms with Crippen LogP contribution >= 0.6 is 0 Å². The van der Waals surface area contributed by atoms with E-state index in [4.69, 9.17) is 0 Å². The van der Waals surface area contributed by atoms with E-state index < -0.39 is 0 Å². The minimum Gasteiger partial charge on any atom is -0.394 e. The fourth-order valence-corrected chi connectivity index (χ4v) is 1.54. The zero-order chi connectivity index (χ0) is 13.4. The maximum absolute atomic E-state index is 11.5. The second kappa shape index (κ2) is 7.45. The predicted molar refractivity (Wildman–Crippen MR) is 67.8 cm³/mol. The van der Waals surface area contributed by atoms with Gasteiger partial charge in [0.2, 0.25) is 11.8 Å². The summed E-state index contributed by atoms with van der Waals surface area (Å²) in [4.78, 5) is 22.1. The first kappa shape index (κ1) is 14.2. The third-order valence-corrected chi connectivity index (χ3v) is 2.41. The van der Waals surface area contributed by atoms with E-state index in [1.807, 2.05) is 30.3 Å². The van der Waals surface area contributed by atoms with Crippen LogP contribution in [0.2, 0.25) is 0 Å². The van der Waals surface area contributed by atoms with Crippen LogP contribution in [0.15, 0.2) is 30.3 Å². The van der Waals surface area contributed by atoms with Crippen LogP contribution in [0, 0.1) is 0 Å². The molecule has 0 aliphatic heterocycles. The van der Waals surface area contributed by atoms with Crippen LogP contribution in [-0.4, -0.2) is 36.1 Å². The van der Waals surface area contributed by atoms with Gasteiger partial charge in [-0.3, -0.25) is 9.59 Å². The van der Waals surface area contributed by atoms with Gasteiger partial charge in [0.15, 0.2) is 0 Å². The van der Waals surface area contributed by atoms with Crippen molar-refractivity contribution in [1.29, 1.82) is 0 Å². The normalized spacial score (nSPS) is 11.7. The van der Waals surface area contributed by atoms with Crippen LogP contribution in [0.1, 0.15) is 12.5 Å². The number of rotatable bonds is 6. The van der Waals surface area contributed by atoms with Crippen LogP contribution in [0.5, 0.6) is 0 Å². The summed E-state index contributed by atoms with van der Waals surface area (Å²) in [5.41, 5.74) is 1.04. The lowest BCUT2D eigenvalue weighted by Crippen LogP contribution is -2.44. The number of aliphatic hydroxyl groups is 1. The fraction of sp³-hybridized carbons (Fsp3) is 0.385. The summed E-state index contributed by atoms with van der Waals surface area (Å²) in [6.07, 6.45) is 0.559. The lowest BCUT2D eigenvalue weighted by atomic mass is 10.1. The lowest BCUT2D eigenvalue weighted by molar-refractivity contribution is -0.125. The van der Waals surface area contributed by atoms with Gasteiger partial charge in [0.25, 0.3) is 0 Å². The Balaban J connectivity index is 2.42. The highest BCUT2D eigenvalue weighted by Gasteiger charge is 2.11. The highest BCUT2D eigenvalue weighted by molar-refractivity contribution is 5.83. The molecule has 0 saturated heterocycles. The van der Waals surface area contributed by atoms with Gasteiger partial charge in [-0.1, -0.05) is 30.3 Å². The molecule has 1 rings (SSSR count). The SMILES string of the molecule is CC(=O)NCC(=O)N[C@@H](CO)Cc1ccccc1. The van der Waals surface area contributed by atoms with Gasteiger partial charge >= 0.3 is 0 Å². The maximum atomic E-state index is 11.5. The van der Waals surface area contributed by atoms with E-state index >= 15 is 0 Å². The van der Waals surface area contributed by atoms with Crippen molar-refractivity contribution in [2.75, 3.05) is 13.2 Å². The Hall–Kier alpha value is -1.88. The molecule has 0 aromatic heterocycles. The van der Waals surface area contributed by atoms with Gasteiger partial charge in [-0.05, 0) is 12.0 Å². The van der Waals surface area contributed by atoms with E-state index in [0.29, 0.717) is 6.42 Å². The Labute approximate surface area is 106 Å². The Bertz CT molecular complexity index is 392. The average molecular weight is 250 g/mol. The largest absolute Gasteiger partial charge is 0.394 e. The molecule has 18 heavy (non-hydrogen) atoms. The molecule has 0 unspecified atom stereocenters. The zero-order valence-corrected chi connectivity index (χ0v) is 10.3. The van der Waals surface area contributed by atoms with Crippen LogP contribution in [0.3, 0.4) is 0 Å². The molecule has 0 radical (unpaired) electrons. The van der Waals surface area contributed by atoms with Crippen LogP contribution in [0.4, 0.5) is 0 Å². The molecule has 98 valence electrons. The summed E-state index contributed by atoms with van der Waals surface area (Å²) in [5.74, 6) is -0.561. The number of aliphatic hydroxyl groups excluding tert-OH is 1. The molecule has 1 atom stereocenters. The number of benzene rings is 1. The minimum atomic E-state index is -0.339. The van der Waals surface area contributed by atoms with Gasteiger partial charge in [-0.25, -0.2) is 0 Å². The lowest BCUT2D eigenvalue weighted by Gasteiger charge is -2.16. The average Bonchev–Trinajstić information content (AvgIpc) is 2.37. The molecule has 0 fully saturated rings. The summed E-state index contributed by atoms with van der Waals surface area (Å²) in [6.45, 7) is 1.14. The summed E-state index contributed by atoms with van der Waals surface area (Å²) in [7, 11) is 0. The quantitative estimate of drug-likeness (QED) is 0.656. The van der Waals surface area contributed by atoms with Gasteiger partial charge in [0.1, 0.15) is 0 Å². The minimum absolute atomic E-state index is 0.0688. The molecular formula is C13H18N2O3. The third-order valence-electron chi connectivity index (χ3n) is 2.41. The molecule has 0 saturated carbocycles. The summed E-state index contributed by atoms with van der Waals surface area (Å²) < 4.78 is 0. The van der Waals surface area contributed by atoms with Crippen molar-refractivity contribution < 1.29 is 14.7 Å². The summed E-state index contributed by atoms with van der Waals surface area (Å²) in [5, 5.41) is 14.3. The Morgan fingerprint density at radius 1 is 1.28 bits per heavy atom. The second-order valence-electron chi connectivity index (χ2n) is 4.05. The smallest absolute Gasteiger partial charge is 0.239 e. The number of hydrogen-bond acceptors (Lipinski definition) is 3. The van der Waals surface area contributed by atoms with Gasteiger partial charge in [-0.15, -0.1) is 0 Å². The molecule has 0 aliphatic rings. The van der Waals surface area contributed by atoms with Gasteiger partial charge in [0, 0.05) is 6.92 Å². The van der Waals surface area contributed by atoms with Crippen LogP contribution < -0.4 is 10.6 Å². The Morgan fingerprint density at radius 3 is 2.50 bits per heavy atom. The molecule has 0 spiro atoms. The van der Waals surface area contributed by atoms with Crippen LogP contribution in [-0.2, 0) is 16.0 Å². The topological polar surface area (TPSA) is 78.4 Å². The van der Waals surface area contributed by atoms with Crippen molar-refractivity contribution in [1.82, 2.24) is 10.6 Å². The molecule has 2 amide bonds. The summed E-state index contributed by atoms with van der Waals surface area (Å²) >= 11 is 0. The molecular weight excluding hydrogens is 232 g/mol. The molecule has 1 aromatic rings. The summed E-state index contributed by atoms with van der Waals surface area (Å²) in [6, 6.07) is 9.25. The Kier molecular flexibility index (Phi) is 5.87. The van der Waals surface area contributed by atoms with Crippen molar-refractivity contribution in [3.63, 3.8) is 0 Å². The molecule has 5 heteroatoms. The van der Waals surface area contributed by atoms with Gasteiger partial charge in [-0.2, -0.15) is 0 Å². The highest BCUT2D eigenvalue weighted by atomic mass is 16.3. The molecule has 1 aromatic carbocycles. The van der Waals surface area contributed by atoms with E-state index in [-0.39, 0.29) is 31.0 Å². The van der Waals surface area contributed by atoms with Crippen LogP contribution in [0.25, 0.3) is 0 Å². The van der Waals surface area contributed by atoms with Gasteiger partial charge < -0.3 is 15.7 Å². The number of hydrogen-bond donors (Lipinski definition) is 3. The van der Waals surface area contributed by atoms with E-state index in [2.05, 4.69) is 10.6 Å².